The number of pyridine rings is 1. The molecule has 120 valence electrons. The summed E-state index contributed by atoms with van der Waals surface area (Å²) in [5.41, 5.74) is 3.47. The summed E-state index contributed by atoms with van der Waals surface area (Å²) in [7, 11) is 0. The number of nitrogens with zero attached hydrogens (tertiary/aromatic N) is 1. The van der Waals surface area contributed by atoms with E-state index >= 15 is 0 Å². The normalized spacial score (nSPS) is 14.0. The second-order valence-corrected chi connectivity index (χ2v) is 6.73. The Labute approximate surface area is 144 Å². The van der Waals surface area contributed by atoms with Gasteiger partial charge in [0, 0.05) is 16.0 Å². The number of aromatic nitrogens is 1. The van der Waals surface area contributed by atoms with Gasteiger partial charge in [-0.2, -0.15) is 0 Å². The summed E-state index contributed by atoms with van der Waals surface area (Å²) in [6.45, 7) is 0. The summed E-state index contributed by atoms with van der Waals surface area (Å²) in [6, 6.07) is 15.1. The molecule has 1 aliphatic carbocycles. The quantitative estimate of drug-likeness (QED) is 0.711. The van der Waals surface area contributed by atoms with Crippen LogP contribution in [-0.2, 0) is 6.42 Å². The van der Waals surface area contributed by atoms with Crippen LogP contribution in [0.1, 0.15) is 28.9 Å². The van der Waals surface area contributed by atoms with Gasteiger partial charge >= 0.3 is 5.97 Å². The third-order valence-electron chi connectivity index (χ3n) is 4.51. The molecule has 0 atom stereocenters. The van der Waals surface area contributed by atoms with E-state index in [0.29, 0.717) is 16.5 Å². The Morgan fingerprint density at radius 3 is 2.58 bits per heavy atom. The summed E-state index contributed by atoms with van der Waals surface area (Å²) < 4.78 is 0. The van der Waals surface area contributed by atoms with Crippen molar-refractivity contribution in [1.82, 2.24) is 4.98 Å². The molecule has 1 saturated carbocycles. The second-order valence-electron chi connectivity index (χ2n) is 6.29. The minimum atomic E-state index is -0.997. The van der Waals surface area contributed by atoms with Gasteiger partial charge in [0.2, 0.25) is 0 Å². The van der Waals surface area contributed by atoms with Crippen LogP contribution in [0.3, 0.4) is 0 Å². The minimum absolute atomic E-state index is 0.117. The summed E-state index contributed by atoms with van der Waals surface area (Å²) in [5.74, 6) is -0.374. The number of hydrogen-bond acceptors (Lipinski definition) is 2. The van der Waals surface area contributed by atoms with Crippen LogP contribution >= 0.6 is 11.6 Å². The van der Waals surface area contributed by atoms with Crippen LogP contribution in [-0.4, -0.2) is 16.1 Å². The topological polar surface area (TPSA) is 50.2 Å². The lowest BCUT2D eigenvalue weighted by molar-refractivity contribution is 0.0691. The van der Waals surface area contributed by atoms with Crippen molar-refractivity contribution in [2.24, 2.45) is 5.92 Å². The SMILES string of the molecule is O=C(O)c1nc2ccc(Cl)cc2c(CC2CC2)c1-c1ccccc1. The molecule has 0 radical (unpaired) electrons. The van der Waals surface area contributed by atoms with Gasteiger partial charge in [0.1, 0.15) is 0 Å². The summed E-state index contributed by atoms with van der Waals surface area (Å²) in [4.78, 5) is 16.3. The highest BCUT2D eigenvalue weighted by Gasteiger charge is 2.27. The number of benzene rings is 2. The average Bonchev–Trinajstić information content (AvgIpc) is 3.39. The Morgan fingerprint density at radius 2 is 1.92 bits per heavy atom. The molecule has 2 aromatic carbocycles. The number of aromatic carboxylic acids is 1. The third-order valence-corrected chi connectivity index (χ3v) is 4.74. The van der Waals surface area contributed by atoms with Crippen LogP contribution in [0.25, 0.3) is 22.0 Å². The van der Waals surface area contributed by atoms with E-state index in [2.05, 4.69) is 4.98 Å². The van der Waals surface area contributed by atoms with Crippen molar-refractivity contribution in [3.8, 4) is 11.1 Å². The molecule has 24 heavy (non-hydrogen) atoms. The van der Waals surface area contributed by atoms with E-state index in [1.54, 1.807) is 12.1 Å². The zero-order valence-corrected chi connectivity index (χ0v) is 13.8. The molecule has 1 heterocycles. The molecule has 4 rings (SSSR count). The molecule has 1 fully saturated rings. The van der Waals surface area contributed by atoms with Gasteiger partial charge in [-0.25, -0.2) is 9.78 Å². The number of halogens is 1. The van der Waals surface area contributed by atoms with Crippen molar-refractivity contribution in [1.29, 1.82) is 0 Å². The smallest absolute Gasteiger partial charge is 0.355 e. The van der Waals surface area contributed by atoms with Crippen LogP contribution in [0.2, 0.25) is 5.02 Å². The maximum Gasteiger partial charge on any atom is 0.355 e. The summed E-state index contributed by atoms with van der Waals surface area (Å²) >= 11 is 6.20. The van der Waals surface area contributed by atoms with Crippen LogP contribution in [0.15, 0.2) is 48.5 Å². The van der Waals surface area contributed by atoms with Crippen molar-refractivity contribution in [3.05, 3.63) is 64.8 Å². The third kappa shape index (κ3) is 2.76. The van der Waals surface area contributed by atoms with E-state index < -0.39 is 5.97 Å². The van der Waals surface area contributed by atoms with E-state index in [4.69, 9.17) is 11.6 Å². The zero-order chi connectivity index (χ0) is 16.7. The van der Waals surface area contributed by atoms with Gasteiger partial charge in [-0.05, 0) is 54.5 Å². The second kappa shape index (κ2) is 5.91. The number of rotatable bonds is 4. The van der Waals surface area contributed by atoms with Gasteiger partial charge in [0.15, 0.2) is 5.69 Å². The molecule has 1 aromatic heterocycles. The number of carboxylic acid groups (broad SMARTS) is 1. The molecule has 0 amide bonds. The number of hydrogen-bond donors (Lipinski definition) is 1. The number of carbonyl (C=O) groups is 1. The zero-order valence-electron chi connectivity index (χ0n) is 13.0. The molecule has 3 aromatic rings. The van der Waals surface area contributed by atoms with Gasteiger partial charge in [-0.3, -0.25) is 0 Å². The van der Waals surface area contributed by atoms with Gasteiger partial charge in [0.05, 0.1) is 5.52 Å². The molecule has 0 unspecified atom stereocenters. The molecule has 0 saturated heterocycles. The maximum atomic E-state index is 11.9. The van der Waals surface area contributed by atoms with Gasteiger partial charge in [-0.15, -0.1) is 0 Å². The van der Waals surface area contributed by atoms with Crippen molar-refractivity contribution in [2.45, 2.75) is 19.3 Å². The van der Waals surface area contributed by atoms with Crippen molar-refractivity contribution in [3.63, 3.8) is 0 Å². The molecule has 4 heteroatoms. The largest absolute Gasteiger partial charge is 0.476 e. The Balaban J connectivity index is 2.08. The van der Waals surface area contributed by atoms with Crippen molar-refractivity contribution < 1.29 is 9.90 Å². The Morgan fingerprint density at radius 1 is 1.17 bits per heavy atom. The lowest BCUT2D eigenvalue weighted by atomic mass is 9.91. The van der Waals surface area contributed by atoms with E-state index in [0.717, 1.165) is 28.5 Å². The van der Waals surface area contributed by atoms with Gasteiger partial charge in [0.25, 0.3) is 0 Å². The molecular weight excluding hydrogens is 322 g/mol. The fourth-order valence-corrected chi connectivity index (χ4v) is 3.37. The van der Waals surface area contributed by atoms with Crippen molar-refractivity contribution in [2.75, 3.05) is 0 Å². The Kier molecular flexibility index (Phi) is 3.73. The van der Waals surface area contributed by atoms with Crippen molar-refractivity contribution >= 4 is 28.5 Å². The fourth-order valence-electron chi connectivity index (χ4n) is 3.19. The summed E-state index contributed by atoms with van der Waals surface area (Å²) in [5, 5.41) is 11.3. The summed E-state index contributed by atoms with van der Waals surface area (Å²) in [6.07, 6.45) is 3.26. The molecule has 0 aliphatic heterocycles. The van der Waals surface area contributed by atoms with Crippen LogP contribution in [0.4, 0.5) is 0 Å². The first-order valence-electron chi connectivity index (χ1n) is 8.04. The lowest BCUT2D eigenvalue weighted by Gasteiger charge is -2.16. The van der Waals surface area contributed by atoms with Crippen LogP contribution in [0.5, 0.6) is 0 Å². The monoisotopic (exact) mass is 337 g/mol. The average molecular weight is 338 g/mol. The molecule has 1 N–H and O–H groups in total. The first-order chi connectivity index (χ1) is 11.6. The van der Waals surface area contributed by atoms with Gasteiger partial charge in [-0.1, -0.05) is 41.9 Å². The Bertz CT molecular complexity index is 933. The maximum absolute atomic E-state index is 11.9. The van der Waals surface area contributed by atoms with E-state index in [1.165, 1.54) is 12.8 Å². The number of carboxylic acids is 1. The molecule has 1 aliphatic rings. The first kappa shape index (κ1) is 15.2. The first-order valence-corrected chi connectivity index (χ1v) is 8.42. The Hall–Kier alpha value is -2.39. The molecule has 3 nitrogen and oxygen atoms in total. The molecule has 0 spiro atoms. The predicted molar refractivity (Wildman–Crippen MR) is 95.6 cm³/mol. The van der Waals surface area contributed by atoms with E-state index in [-0.39, 0.29) is 5.69 Å². The van der Waals surface area contributed by atoms with Crippen LogP contribution < -0.4 is 0 Å². The molecular formula is C20H16ClNO2. The van der Waals surface area contributed by atoms with E-state index in [1.807, 2.05) is 36.4 Å². The highest BCUT2D eigenvalue weighted by molar-refractivity contribution is 6.31. The highest BCUT2D eigenvalue weighted by Crippen LogP contribution is 2.40. The van der Waals surface area contributed by atoms with Gasteiger partial charge < -0.3 is 5.11 Å². The standard InChI is InChI=1S/C20H16ClNO2/c21-14-8-9-17-15(11-14)16(10-12-6-7-12)18(19(22-17)20(23)24)13-4-2-1-3-5-13/h1-5,8-9,11-12H,6-7,10H2,(H,23,24). The number of fused-ring (bicyclic) bond motifs is 1. The minimum Gasteiger partial charge on any atom is -0.476 e. The van der Waals surface area contributed by atoms with E-state index in [9.17, 15) is 9.90 Å². The predicted octanol–water partition coefficient (Wildman–Crippen LogP) is 5.21. The fraction of sp³-hybridized carbons (Fsp3) is 0.200. The molecule has 0 bridgehead atoms. The highest BCUT2D eigenvalue weighted by atomic mass is 35.5. The lowest BCUT2D eigenvalue weighted by Crippen LogP contribution is -2.08. The van der Waals surface area contributed by atoms with Crippen LogP contribution in [0, 0.1) is 5.92 Å².